The van der Waals surface area contributed by atoms with Crippen molar-refractivity contribution < 1.29 is 87.7 Å². The molecule has 1 heterocycles. The van der Waals surface area contributed by atoms with E-state index in [1.807, 2.05) is 97.1 Å². The summed E-state index contributed by atoms with van der Waals surface area (Å²) in [6.45, 7) is 13.0. The number of fused-ring (bicyclic) bond motifs is 3. The molecule has 6 bridgehead atoms. The van der Waals surface area contributed by atoms with E-state index in [1.54, 1.807) is 0 Å². The number of carbonyl (C=O) groups is 5. The summed E-state index contributed by atoms with van der Waals surface area (Å²) in [7, 11) is -6.08. The lowest BCUT2D eigenvalue weighted by Gasteiger charge is -2.48. The standard InChI is InChI=1S/C31H30F2O6.2C29H33O3S.C18H16F2O3S/c1-31(32,33)11-6-12-37-29(35)24-22-16-7-2-4-9-18(16)23(19-10-5-3-8-17(19)22)25(24)30(36)38-26-15-13-20-21(14-15)28(34)39-27(20)26;2*1-4-29(17-11-12-18-29)32-27(30)21-31-28-22(2)19-26(20-23(28)3)33(24-13-7-5-8-14-24)25-15-9-6-10-16-25;19-18(20,24(21,22)23)10-11-9-16-12-5-1-3-7-14(12)17(11)15-8-4-2-6-13(15)16/h2-5,7-10,15,20-27H,6,11-14H2,1H3;2*5-10,13-16,19-20H,4,11-12,17-18,21H2,1-3H3;1-8,11,16-17H,9-10H2,(H,21,22,23)/q;2*+1;/p-1. The third-order valence-corrected chi connectivity index (χ3v) is 33.1. The van der Waals surface area contributed by atoms with Crippen molar-refractivity contribution in [1.29, 1.82) is 0 Å². The maximum absolute atomic E-state index is 14.1. The summed E-state index contributed by atoms with van der Waals surface area (Å²) in [5, 5.41) is -4.24. The number of hydrogen-bond donors (Lipinski definition) is 0. The first-order valence-corrected chi connectivity index (χ1v) is 49.1. The molecule has 1 aliphatic heterocycles. The van der Waals surface area contributed by atoms with E-state index < -0.39 is 81.5 Å². The van der Waals surface area contributed by atoms with Gasteiger partial charge in [0.15, 0.2) is 52.7 Å². The minimum Gasteiger partial charge on any atom is -0.743 e. The van der Waals surface area contributed by atoms with Crippen molar-refractivity contribution in [1.82, 2.24) is 0 Å². The summed E-state index contributed by atoms with van der Waals surface area (Å²) in [6, 6.07) is 82.3. The molecule has 0 spiro atoms. The van der Waals surface area contributed by atoms with Crippen molar-refractivity contribution in [3.63, 3.8) is 0 Å². The van der Waals surface area contributed by atoms with E-state index >= 15 is 0 Å². The lowest BCUT2D eigenvalue weighted by atomic mass is 9.54. The summed E-state index contributed by atoms with van der Waals surface area (Å²) in [4.78, 5) is 72.8. The first-order valence-electron chi connectivity index (χ1n) is 45.3. The zero-order valence-corrected chi connectivity index (χ0v) is 76.3. The van der Waals surface area contributed by atoms with Gasteiger partial charge in [-0.05, 0) is 246 Å². The van der Waals surface area contributed by atoms with Gasteiger partial charge >= 0.3 is 35.1 Å². The number of hydrogen-bond acceptors (Lipinski definition) is 15. The predicted molar refractivity (Wildman–Crippen MR) is 486 cm³/mol. The zero-order valence-electron chi connectivity index (χ0n) is 73.8. The smallest absolute Gasteiger partial charge is 0.344 e. The first-order chi connectivity index (χ1) is 62.0. The molecule has 11 aliphatic rings. The van der Waals surface area contributed by atoms with Crippen LogP contribution in [0.4, 0.5) is 17.6 Å². The third-order valence-electron chi connectivity index (χ3n) is 27.8. The van der Waals surface area contributed by atoms with E-state index in [-0.39, 0.29) is 113 Å². The fourth-order valence-electron chi connectivity index (χ4n) is 22.0. The molecule has 0 aromatic heterocycles. The highest BCUT2D eigenvalue weighted by atomic mass is 32.2. The fourth-order valence-corrected chi connectivity index (χ4v) is 26.9. The van der Waals surface area contributed by atoms with Gasteiger partial charge in [0.25, 0.3) is 0 Å². The molecule has 22 heteroatoms. The van der Waals surface area contributed by atoms with Crippen LogP contribution < -0.4 is 9.47 Å². The molecule has 10 aromatic carbocycles. The number of benzene rings is 10. The van der Waals surface area contributed by atoms with Crippen LogP contribution in [-0.4, -0.2) is 97.2 Å². The molecule has 129 heavy (non-hydrogen) atoms. The van der Waals surface area contributed by atoms with Crippen LogP contribution >= 0.6 is 0 Å². The topological polar surface area (TPSA) is 207 Å². The summed E-state index contributed by atoms with van der Waals surface area (Å²) in [6.07, 6.45) is 9.77. The van der Waals surface area contributed by atoms with Crippen LogP contribution in [0.5, 0.6) is 11.5 Å². The second-order valence-corrected chi connectivity index (χ2v) is 41.7. The van der Waals surface area contributed by atoms with E-state index in [9.17, 15) is 54.5 Å². The Bertz CT molecular complexity index is 5430. The summed E-state index contributed by atoms with van der Waals surface area (Å²) in [5.74, 6) is -6.47. The molecule has 0 amide bonds. The number of rotatable bonds is 26. The van der Waals surface area contributed by atoms with Gasteiger partial charge in [0, 0.05) is 72.6 Å². The number of carbonyl (C=O) groups excluding carboxylic acids is 5. The molecule has 8 unspecified atom stereocenters. The van der Waals surface area contributed by atoms with Crippen LogP contribution in [-0.2, 0) is 79.6 Å². The highest BCUT2D eigenvalue weighted by molar-refractivity contribution is 7.97. The maximum Gasteiger partial charge on any atom is 0.344 e. The minimum absolute atomic E-state index is 0.0255. The number of alkyl halides is 4. The molecule has 674 valence electrons. The molecule has 0 N–H and O–H groups in total. The normalized spacial score (nSPS) is 22.9. The molecule has 10 aliphatic carbocycles. The fraction of sp³-hybridized carbons (Fsp3) is 0.393. The summed E-state index contributed by atoms with van der Waals surface area (Å²) >= 11 is 0. The lowest BCUT2D eigenvalue weighted by molar-refractivity contribution is -0.173. The van der Waals surface area contributed by atoms with Gasteiger partial charge in [-0.25, -0.2) is 26.8 Å². The molecular weight excluding hydrogens is 1700 g/mol. The number of ether oxygens (including phenoxy) is 7. The highest BCUT2D eigenvalue weighted by Crippen LogP contribution is 2.62. The van der Waals surface area contributed by atoms with E-state index in [2.05, 4.69) is 187 Å². The average Bonchev–Trinajstić information content (AvgIpc) is 1.58. The number of halogens is 4. The van der Waals surface area contributed by atoms with Crippen molar-refractivity contribution in [3.05, 3.63) is 309 Å². The second kappa shape index (κ2) is 38.9. The van der Waals surface area contributed by atoms with Crippen LogP contribution in [0, 0.1) is 63.2 Å². The second-order valence-electron chi connectivity index (χ2n) is 36.1. The molecule has 5 fully saturated rings. The quantitative estimate of drug-likeness (QED) is 0.0123. The largest absolute Gasteiger partial charge is 0.743 e. The Morgan fingerprint density at radius 3 is 1.20 bits per heavy atom. The van der Waals surface area contributed by atoms with E-state index in [4.69, 9.17) is 33.2 Å². The van der Waals surface area contributed by atoms with Crippen molar-refractivity contribution in [2.75, 3.05) is 19.8 Å². The van der Waals surface area contributed by atoms with E-state index in [1.165, 1.54) is 29.4 Å². The number of aryl methyl sites for hydroxylation is 4. The monoisotopic (exact) mass is 1810 g/mol. The van der Waals surface area contributed by atoms with Crippen LogP contribution in [0.25, 0.3) is 0 Å². The van der Waals surface area contributed by atoms with Crippen LogP contribution in [0.2, 0.25) is 0 Å². The Morgan fingerprint density at radius 2 is 0.837 bits per heavy atom. The average molecular weight is 1810 g/mol. The molecular formula is C107H111F4O15S3+. The molecule has 1 saturated heterocycles. The summed E-state index contributed by atoms with van der Waals surface area (Å²) in [5.41, 5.74) is 11.7. The zero-order chi connectivity index (χ0) is 90.7. The van der Waals surface area contributed by atoms with Crippen molar-refractivity contribution in [2.45, 2.75) is 239 Å². The van der Waals surface area contributed by atoms with Crippen LogP contribution in [0.1, 0.15) is 214 Å². The van der Waals surface area contributed by atoms with Crippen molar-refractivity contribution in [2.24, 2.45) is 35.5 Å². The predicted octanol–water partition coefficient (Wildman–Crippen LogP) is 22.9. The minimum atomic E-state index is -5.66. The molecule has 21 rings (SSSR count). The third kappa shape index (κ3) is 19.5. The summed E-state index contributed by atoms with van der Waals surface area (Å²) < 4.78 is 128. The van der Waals surface area contributed by atoms with Gasteiger partial charge in [-0.3, -0.25) is 14.4 Å². The highest BCUT2D eigenvalue weighted by Gasteiger charge is 2.65. The van der Waals surface area contributed by atoms with Gasteiger partial charge in [-0.2, -0.15) is 8.78 Å². The molecule has 0 radical (unpaired) electrons. The molecule has 15 nitrogen and oxygen atoms in total. The Kier molecular flexibility index (Phi) is 27.7. The van der Waals surface area contributed by atoms with Gasteiger partial charge in [0.2, 0.25) is 5.92 Å². The SMILES string of the molecule is CC(F)(F)CCCOC(=O)C1C2c3ccccc3C(c3ccccc32)C1C(=O)OC1C2CC3C(=O)OC1C3C2.CCC1(OC(=O)COc2c(C)cc([S+](c3ccccc3)c3ccccc3)cc2C)CCCC1.CCC1(OC(=O)COc2c(C)cc([S+](c3ccccc3)c3ccccc3)cc2C)CCCC1.O=S(=O)([O-])C(F)(F)CC1CC2c3ccccc3C1c1ccccc12. The van der Waals surface area contributed by atoms with Gasteiger partial charge in [-0.1, -0.05) is 184 Å². The lowest BCUT2D eigenvalue weighted by Crippen LogP contribution is -2.49. The number of esters is 5. The molecule has 8 atom stereocenters. The van der Waals surface area contributed by atoms with Crippen molar-refractivity contribution >= 4 is 61.8 Å². The van der Waals surface area contributed by atoms with Crippen LogP contribution in [0.15, 0.2) is 272 Å². The van der Waals surface area contributed by atoms with E-state index in [0.717, 1.165) is 156 Å². The van der Waals surface area contributed by atoms with Crippen molar-refractivity contribution in [3.8, 4) is 11.5 Å². The maximum atomic E-state index is 14.1. The Morgan fingerprint density at radius 1 is 0.481 bits per heavy atom. The molecule has 4 saturated carbocycles. The van der Waals surface area contributed by atoms with Gasteiger partial charge < -0.3 is 37.7 Å². The first kappa shape index (κ1) is 91.8. The Balaban J connectivity index is 0.000000128. The van der Waals surface area contributed by atoms with Gasteiger partial charge in [0.05, 0.1) is 46.2 Å². The van der Waals surface area contributed by atoms with E-state index in [0.29, 0.717) is 12.8 Å². The van der Waals surface area contributed by atoms with Crippen LogP contribution in [0.3, 0.4) is 0 Å². The Labute approximate surface area is 759 Å². The van der Waals surface area contributed by atoms with Gasteiger partial charge in [0.1, 0.15) is 34.9 Å². The Hall–Kier alpha value is -10.5. The molecule has 10 aromatic rings. The van der Waals surface area contributed by atoms with Gasteiger partial charge in [-0.15, -0.1) is 0 Å².